The first-order valence-corrected chi connectivity index (χ1v) is 5.18. The van der Waals surface area contributed by atoms with Crippen molar-refractivity contribution in [1.82, 2.24) is 0 Å². The highest BCUT2D eigenvalue weighted by Gasteiger charge is 1.99. The fourth-order valence-electron chi connectivity index (χ4n) is 1.18. The molecule has 0 spiro atoms. The van der Waals surface area contributed by atoms with Crippen LogP contribution < -0.4 is 0 Å². The Morgan fingerprint density at radius 2 is 2.31 bits per heavy atom. The number of hydrogen-bond donors (Lipinski definition) is 1. The SMILES string of the molecule is COC(=O)CC=Cc1cc(CO)ccc1Cl. The second kappa shape index (κ2) is 6.30. The molecule has 0 bridgehead atoms. The van der Waals surface area contributed by atoms with Gasteiger partial charge in [0.25, 0.3) is 0 Å². The maximum Gasteiger partial charge on any atom is 0.309 e. The van der Waals surface area contributed by atoms with E-state index in [4.69, 9.17) is 16.7 Å². The highest BCUT2D eigenvalue weighted by molar-refractivity contribution is 6.32. The molecule has 1 aromatic carbocycles. The van der Waals surface area contributed by atoms with E-state index in [1.54, 1.807) is 30.4 Å². The van der Waals surface area contributed by atoms with E-state index in [2.05, 4.69) is 4.74 Å². The first kappa shape index (κ1) is 12.7. The van der Waals surface area contributed by atoms with Gasteiger partial charge in [-0.1, -0.05) is 29.8 Å². The number of ether oxygens (including phenoxy) is 1. The molecule has 4 heteroatoms. The summed E-state index contributed by atoms with van der Waals surface area (Å²) in [5.74, 6) is -0.300. The molecule has 3 nitrogen and oxygen atoms in total. The van der Waals surface area contributed by atoms with Crippen molar-refractivity contribution in [2.75, 3.05) is 7.11 Å². The topological polar surface area (TPSA) is 46.5 Å². The van der Waals surface area contributed by atoms with Crippen LogP contribution in [-0.4, -0.2) is 18.2 Å². The first-order chi connectivity index (χ1) is 7.67. The van der Waals surface area contributed by atoms with Gasteiger partial charge in [-0.05, 0) is 23.3 Å². The lowest BCUT2D eigenvalue weighted by Crippen LogP contribution is -1.96. The van der Waals surface area contributed by atoms with Gasteiger partial charge in [-0.15, -0.1) is 0 Å². The average molecular weight is 241 g/mol. The lowest BCUT2D eigenvalue weighted by atomic mass is 10.1. The van der Waals surface area contributed by atoms with Crippen LogP contribution in [0, 0.1) is 0 Å². The van der Waals surface area contributed by atoms with Crippen LogP contribution in [0.25, 0.3) is 6.08 Å². The minimum absolute atomic E-state index is 0.0327. The van der Waals surface area contributed by atoms with Gasteiger partial charge in [-0.25, -0.2) is 0 Å². The van der Waals surface area contributed by atoms with Gasteiger partial charge in [0.2, 0.25) is 0 Å². The molecule has 0 aliphatic rings. The number of aliphatic hydroxyl groups excluding tert-OH is 1. The molecule has 0 heterocycles. The van der Waals surface area contributed by atoms with Crippen molar-refractivity contribution in [2.24, 2.45) is 0 Å². The number of hydrogen-bond acceptors (Lipinski definition) is 3. The smallest absolute Gasteiger partial charge is 0.309 e. The molecule has 0 unspecified atom stereocenters. The van der Waals surface area contributed by atoms with Gasteiger partial charge >= 0.3 is 5.97 Å². The van der Waals surface area contributed by atoms with Crippen molar-refractivity contribution in [3.05, 3.63) is 40.4 Å². The Balaban J connectivity index is 2.75. The Morgan fingerprint density at radius 3 is 2.94 bits per heavy atom. The largest absolute Gasteiger partial charge is 0.469 e. The number of carbonyl (C=O) groups excluding carboxylic acids is 1. The van der Waals surface area contributed by atoms with Crippen molar-refractivity contribution < 1.29 is 14.6 Å². The number of esters is 1. The molecule has 1 rings (SSSR count). The second-order valence-corrected chi connectivity index (χ2v) is 3.60. The number of methoxy groups -OCH3 is 1. The molecule has 0 aliphatic carbocycles. The standard InChI is InChI=1S/C12H13ClO3/c1-16-12(15)4-2-3-10-7-9(8-14)5-6-11(10)13/h2-3,5-7,14H,4,8H2,1H3. The van der Waals surface area contributed by atoms with Crippen LogP contribution in [0.3, 0.4) is 0 Å². The maximum atomic E-state index is 10.9. The third kappa shape index (κ3) is 3.68. The molecule has 0 aliphatic heterocycles. The Kier molecular flexibility index (Phi) is 5.02. The highest BCUT2D eigenvalue weighted by atomic mass is 35.5. The van der Waals surface area contributed by atoms with Crippen LogP contribution in [0.2, 0.25) is 5.02 Å². The first-order valence-electron chi connectivity index (χ1n) is 4.80. The summed E-state index contributed by atoms with van der Waals surface area (Å²) in [5, 5.41) is 9.55. The van der Waals surface area contributed by atoms with Gasteiger partial charge in [0.05, 0.1) is 20.1 Å². The van der Waals surface area contributed by atoms with E-state index in [1.807, 2.05) is 0 Å². The summed E-state index contributed by atoms with van der Waals surface area (Å²) in [6, 6.07) is 5.24. The molecule has 0 saturated carbocycles. The summed E-state index contributed by atoms with van der Waals surface area (Å²) in [7, 11) is 1.34. The Morgan fingerprint density at radius 1 is 1.56 bits per heavy atom. The summed E-state index contributed by atoms with van der Waals surface area (Å²) >= 11 is 5.95. The van der Waals surface area contributed by atoms with Crippen molar-refractivity contribution in [2.45, 2.75) is 13.0 Å². The second-order valence-electron chi connectivity index (χ2n) is 3.20. The fraction of sp³-hybridized carbons (Fsp3) is 0.250. The Hall–Kier alpha value is -1.32. The molecule has 0 radical (unpaired) electrons. The fourth-order valence-corrected chi connectivity index (χ4v) is 1.37. The van der Waals surface area contributed by atoms with E-state index in [1.165, 1.54) is 7.11 Å². The predicted octanol–water partition coefficient (Wildman–Crippen LogP) is 2.41. The van der Waals surface area contributed by atoms with E-state index in [0.717, 1.165) is 11.1 Å². The minimum Gasteiger partial charge on any atom is -0.469 e. The van der Waals surface area contributed by atoms with Gasteiger partial charge in [-0.3, -0.25) is 4.79 Å². The normalized spacial score (nSPS) is 10.7. The third-order valence-electron chi connectivity index (χ3n) is 2.05. The summed E-state index contributed by atoms with van der Waals surface area (Å²) in [5.41, 5.74) is 1.55. The summed E-state index contributed by atoms with van der Waals surface area (Å²) < 4.78 is 4.50. The number of rotatable bonds is 4. The van der Waals surface area contributed by atoms with Gasteiger partial charge in [-0.2, -0.15) is 0 Å². The van der Waals surface area contributed by atoms with Crippen molar-refractivity contribution in [3.63, 3.8) is 0 Å². The molecule has 1 N–H and O–H groups in total. The summed E-state index contributed by atoms with van der Waals surface area (Å²) in [6.07, 6.45) is 3.61. The predicted molar refractivity (Wildman–Crippen MR) is 63.0 cm³/mol. The monoisotopic (exact) mass is 240 g/mol. The Labute approximate surface area is 99.3 Å². The van der Waals surface area contributed by atoms with Crippen LogP contribution in [0.15, 0.2) is 24.3 Å². The van der Waals surface area contributed by atoms with Gasteiger partial charge < -0.3 is 9.84 Å². The molecule has 1 aromatic rings. The average Bonchev–Trinajstić information content (AvgIpc) is 2.31. The van der Waals surface area contributed by atoms with Gasteiger partial charge in [0.1, 0.15) is 0 Å². The molecule has 0 amide bonds. The molecule has 0 saturated heterocycles. The van der Waals surface area contributed by atoms with Crippen LogP contribution in [0.5, 0.6) is 0 Å². The van der Waals surface area contributed by atoms with E-state index < -0.39 is 0 Å². The molecule has 0 aromatic heterocycles. The maximum absolute atomic E-state index is 10.9. The number of carbonyl (C=O) groups is 1. The molecule has 0 fully saturated rings. The van der Waals surface area contributed by atoms with Crippen molar-refractivity contribution >= 4 is 23.6 Å². The third-order valence-corrected chi connectivity index (χ3v) is 2.40. The lowest BCUT2D eigenvalue weighted by Gasteiger charge is -2.01. The van der Waals surface area contributed by atoms with Gasteiger partial charge in [0.15, 0.2) is 0 Å². The minimum atomic E-state index is -0.300. The molecular formula is C12H13ClO3. The molecule has 86 valence electrons. The lowest BCUT2D eigenvalue weighted by molar-refractivity contribution is -0.139. The van der Waals surface area contributed by atoms with E-state index in [-0.39, 0.29) is 19.0 Å². The highest BCUT2D eigenvalue weighted by Crippen LogP contribution is 2.19. The molecule has 0 atom stereocenters. The van der Waals surface area contributed by atoms with Crippen LogP contribution >= 0.6 is 11.6 Å². The molecule has 16 heavy (non-hydrogen) atoms. The number of benzene rings is 1. The zero-order valence-electron chi connectivity index (χ0n) is 8.94. The van der Waals surface area contributed by atoms with E-state index in [0.29, 0.717) is 5.02 Å². The van der Waals surface area contributed by atoms with Gasteiger partial charge in [0, 0.05) is 5.02 Å². The zero-order chi connectivity index (χ0) is 12.0. The van der Waals surface area contributed by atoms with Crippen molar-refractivity contribution in [3.8, 4) is 0 Å². The quantitative estimate of drug-likeness (QED) is 0.823. The number of aliphatic hydroxyl groups is 1. The van der Waals surface area contributed by atoms with E-state index in [9.17, 15) is 4.79 Å². The Bertz CT molecular complexity index is 399. The molecular weight excluding hydrogens is 228 g/mol. The van der Waals surface area contributed by atoms with E-state index >= 15 is 0 Å². The van der Waals surface area contributed by atoms with Crippen LogP contribution in [0.1, 0.15) is 17.5 Å². The van der Waals surface area contributed by atoms with Crippen LogP contribution in [0.4, 0.5) is 0 Å². The zero-order valence-corrected chi connectivity index (χ0v) is 9.70. The van der Waals surface area contributed by atoms with Crippen molar-refractivity contribution in [1.29, 1.82) is 0 Å². The number of halogens is 1. The summed E-state index contributed by atoms with van der Waals surface area (Å²) in [4.78, 5) is 10.9. The summed E-state index contributed by atoms with van der Waals surface area (Å²) in [6.45, 7) is -0.0327. The van der Waals surface area contributed by atoms with Crippen LogP contribution in [-0.2, 0) is 16.1 Å².